The Morgan fingerprint density at radius 1 is 1.33 bits per heavy atom. The minimum Gasteiger partial charge on any atom is -0.495 e. The number of esters is 1. The van der Waals surface area contributed by atoms with Crippen molar-refractivity contribution >= 4 is 45.0 Å². The number of fused-ring (bicyclic) bond motifs is 1. The van der Waals surface area contributed by atoms with Gasteiger partial charge in [0.2, 0.25) is 5.91 Å². The molecule has 1 aromatic heterocycles. The van der Waals surface area contributed by atoms with E-state index in [0.29, 0.717) is 38.6 Å². The molecule has 1 aromatic carbocycles. The largest absolute Gasteiger partial charge is 0.495 e. The van der Waals surface area contributed by atoms with Crippen LogP contribution in [0.5, 0.6) is 5.75 Å². The van der Waals surface area contributed by atoms with Gasteiger partial charge in [-0.15, -0.1) is 0 Å². The average Bonchev–Trinajstić information content (AvgIpc) is 2.88. The molecule has 0 atom stereocenters. The Hall–Kier alpha value is -1.86. The van der Waals surface area contributed by atoms with Crippen molar-refractivity contribution in [1.29, 1.82) is 0 Å². The molecule has 0 N–H and O–H groups in total. The Balaban J connectivity index is 2.69. The number of rotatable bonds is 6. The Morgan fingerprint density at radius 2 is 2.08 bits per heavy atom. The van der Waals surface area contributed by atoms with Crippen molar-refractivity contribution in [3.63, 3.8) is 0 Å². The van der Waals surface area contributed by atoms with E-state index in [4.69, 9.17) is 21.1 Å². The molecule has 0 spiro atoms. The molecule has 0 aliphatic heterocycles. The predicted molar refractivity (Wildman–Crippen MR) is 93.5 cm³/mol. The summed E-state index contributed by atoms with van der Waals surface area (Å²) in [5.41, 5.74) is 0.631. The molecule has 0 aliphatic carbocycles. The minimum atomic E-state index is -0.413. The molecule has 0 unspecified atom stereocenters. The number of hydrogen-bond acceptors (Lipinski definition) is 5. The molecule has 130 valence electrons. The van der Waals surface area contributed by atoms with Crippen molar-refractivity contribution in [2.75, 3.05) is 13.7 Å². The first-order valence-electron chi connectivity index (χ1n) is 7.60. The van der Waals surface area contributed by atoms with Crippen LogP contribution in [0.4, 0.5) is 0 Å². The van der Waals surface area contributed by atoms with Gasteiger partial charge in [-0.1, -0.05) is 29.9 Å². The molecule has 0 saturated heterocycles. The molecular weight excluding hydrogens is 352 g/mol. The highest BCUT2D eigenvalue weighted by molar-refractivity contribution is 7.17. The van der Waals surface area contributed by atoms with Crippen molar-refractivity contribution in [2.45, 2.75) is 33.2 Å². The van der Waals surface area contributed by atoms with Gasteiger partial charge in [-0.25, -0.2) is 0 Å². The Labute approximate surface area is 148 Å². The normalized spacial score (nSPS) is 11.8. The third kappa shape index (κ3) is 3.96. The summed E-state index contributed by atoms with van der Waals surface area (Å²) in [5.74, 6) is -0.0975. The molecule has 8 heteroatoms. The van der Waals surface area contributed by atoms with E-state index in [1.54, 1.807) is 23.6 Å². The van der Waals surface area contributed by atoms with E-state index in [1.165, 1.54) is 18.4 Å². The summed E-state index contributed by atoms with van der Waals surface area (Å²) >= 11 is 7.52. The number of thiazole rings is 1. The molecule has 2 rings (SSSR count). The van der Waals surface area contributed by atoms with Gasteiger partial charge in [0.25, 0.3) is 0 Å². The number of methoxy groups -OCH3 is 1. The molecule has 6 nitrogen and oxygen atoms in total. The summed E-state index contributed by atoms with van der Waals surface area (Å²) < 4.78 is 12.7. The average molecular weight is 371 g/mol. The van der Waals surface area contributed by atoms with Crippen molar-refractivity contribution in [3.05, 3.63) is 22.0 Å². The van der Waals surface area contributed by atoms with Crippen LogP contribution in [0.3, 0.4) is 0 Å². The second kappa shape index (κ2) is 8.30. The standard InChI is InChI=1S/C16H19ClN2O4S/c1-4-6-12(20)18-16-19(9-13(21)23-5-2)14-11(22-3)8-7-10(17)15(14)24-16/h7-8H,4-6,9H2,1-3H3. The van der Waals surface area contributed by atoms with Gasteiger partial charge in [0.15, 0.2) is 4.80 Å². The van der Waals surface area contributed by atoms with E-state index in [-0.39, 0.29) is 19.1 Å². The van der Waals surface area contributed by atoms with Crippen molar-refractivity contribution in [3.8, 4) is 5.75 Å². The van der Waals surface area contributed by atoms with Gasteiger partial charge < -0.3 is 14.0 Å². The zero-order chi connectivity index (χ0) is 17.7. The molecule has 0 aliphatic rings. The van der Waals surface area contributed by atoms with Crippen LogP contribution < -0.4 is 9.54 Å². The number of carbonyl (C=O) groups is 2. The van der Waals surface area contributed by atoms with Gasteiger partial charge in [0.1, 0.15) is 17.8 Å². The number of halogens is 1. The molecule has 24 heavy (non-hydrogen) atoms. The number of hydrogen-bond donors (Lipinski definition) is 0. The molecular formula is C16H19ClN2O4S. The van der Waals surface area contributed by atoms with Gasteiger partial charge in [-0.2, -0.15) is 4.99 Å². The lowest BCUT2D eigenvalue weighted by molar-refractivity contribution is -0.143. The number of carbonyl (C=O) groups excluding carboxylic acids is 2. The first kappa shape index (κ1) is 18.5. The van der Waals surface area contributed by atoms with Gasteiger partial charge in [-0.05, 0) is 25.5 Å². The number of nitrogens with zero attached hydrogens (tertiary/aromatic N) is 2. The number of benzene rings is 1. The maximum absolute atomic E-state index is 12.0. The Morgan fingerprint density at radius 3 is 2.71 bits per heavy atom. The minimum absolute atomic E-state index is 0.0667. The maximum Gasteiger partial charge on any atom is 0.326 e. The third-order valence-electron chi connectivity index (χ3n) is 3.24. The highest BCUT2D eigenvalue weighted by Gasteiger charge is 2.17. The Kier molecular flexibility index (Phi) is 6.39. The van der Waals surface area contributed by atoms with Crippen LogP contribution in [0.15, 0.2) is 17.1 Å². The first-order valence-corrected chi connectivity index (χ1v) is 8.80. The monoisotopic (exact) mass is 370 g/mol. The van der Waals surface area contributed by atoms with Gasteiger partial charge in [-0.3, -0.25) is 9.59 Å². The number of ether oxygens (including phenoxy) is 2. The van der Waals surface area contributed by atoms with E-state index in [1.807, 2.05) is 6.92 Å². The van der Waals surface area contributed by atoms with Crippen molar-refractivity contribution in [1.82, 2.24) is 4.57 Å². The van der Waals surface area contributed by atoms with E-state index in [2.05, 4.69) is 4.99 Å². The SMILES string of the molecule is CCCC(=O)N=c1sc2c(Cl)ccc(OC)c2n1CC(=O)OCC. The van der Waals surface area contributed by atoms with Crippen LogP contribution in [-0.2, 0) is 20.9 Å². The van der Waals surface area contributed by atoms with Crippen molar-refractivity contribution in [2.24, 2.45) is 4.99 Å². The Bertz CT molecular complexity index is 825. The highest BCUT2D eigenvalue weighted by Crippen LogP contribution is 2.33. The highest BCUT2D eigenvalue weighted by atomic mass is 35.5. The molecule has 0 fully saturated rings. The van der Waals surface area contributed by atoms with Crippen LogP contribution in [0.1, 0.15) is 26.7 Å². The van der Waals surface area contributed by atoms with E-state index >= 15 is 0 Å². The quantitative estimate of drug-likeness (QED) is 0.732. The predicted octanol–water partition coefficient (Wildman–Crippen LogP) is 3.16. The van der Waals surface area contributed by atoms with E-state index in [0.717, 1.165) is 0 Å². The zero-order valence-electron chi connectivity index (χ0n) is 13.8. The molecule has 0 saturated carbocycles. The fraction of sp³-hybridized carbons (Fsp3) is 0.438. The smallest absolute Gasteiger partial charge is 0.326 e. The van der Waals surface area contributed by atoms with Crippen LogP contribution in [0.2, 0.25) is 5.02 Å². The third-order valence-corrected chi connectivity index (χ3v) is 4.78. The summed E-state index contributed by atoms with van der Waals surface area (Å²) in [5, 5.41) is 0.512. The van der Waals surface area contributed by atoms with Crippen molar-refractivity contribution < 1.29 is 19.1 Å². The lowest BCUT2D eigenvalue weighted by Crippen LogP contribution is -2.23. The fourth-order valence-corrected chi connectivity index (χ4v) is 3.57. The van der Waals surface area contributed by atoms with Crippen LogP contribution in [-0.4, -0.2) is 30.2 Å². The lowest BCUT2D eigenvalue weighted by atomic mass is 10.3. The van der Waals surface area contributed by atoms with Crippen LogP contribution in [0.25, 0.3) is 10.2 Å². The summed E-state index contributed by atoms with van der Waals surface area (Å²) in [4.78, 5) is 28.4. The lowest BCUT2D eigenvalue weighted by Gasteiger charge is -2.08. The molecule has 1 heterocycles. The first-order chi connectivity index (χ1) is 11.5. The van der Waals surface area contributed by atoms with Gasteiger partial charge in [0.05, 0.1) is 23.4 Å². The van der Waals surface area contributed by atoms with Crippen LogP contribution in [0, 0.1) is 0 Å². The number of amides is 1. The summed E-state index contributed by atoms with van der Waals surface area (Å²) in [6.07, 6.45) is 1.05. The van der Waals surface area contributed by atoms with E-state index in [9.17, 15) is 9.59 Å². The molecule has 1 amide bonds. The van der Waals surface area contributed by atoms with Crippen LogP contribution >= 0.6 is 22.9 Å². The summed E-state index contributed by atoms with van der Waals surface area (Å²) in [7, 11) is 1.54. The second-order valence-electron chi connectivity index (χ2n) is 4.96. The fourth-order valence-electron chi connectivity index (χ4n) is 2.23. The summed E-state index contributed by atoms with van der Waals surface area (Å²) in [6.45, 7) is 3.86. The molecule has 0 bridgehead atoms. The topological polar surface area (TPSA) is 69.9 Å². The molecule has 2 aromatic rings. The maximum atomic E-state index is 12.0. The summed E-state index contributed by atoms with van der Waals surface area (Å²) in [6, 6.07) is 3.43. The molecule has 0 radical (unpaired) electrons. The zero-order valence-corrected chi connectivity index (χ0v) is 15.4. The van der Waals surface area contributed by atoms with Gasteiger partial charge >= 0.3 is 5.97 Å². The second-order valence-corrected chi connectivity index (χ2v) is 6.34. The van der Waals surface area contributed by atoms with Gasteiger partial charge in [0, 0.05) is 6.42 Å². The van der Waals surface area contributed by atoms with E-state index < -0.39 is 5.97 Å². The number of aromatic nitrogens is 1.